The van der Waals surface area contributed by atoms with E-state index in [4.69, 9.17) is 4.74 Å². The molecule has 0 aliphatic heterocycles. The average Bonchev–Trinajstić information content (AvgIpc) is 3.12. The van der Waals surface area contributed by atoms with Crippen molar-refractivity contribution in [3.63, 3.8) is 0 Å². The van der Waals surface area contributed by atoms with E-state index in [0.717, 1.165) is 28.3 Å². The molecule has 0 radical (unpaired) electrons. The number of pyridine rings is 1. The quantitative estimate of drug-likeness (QED) is 0.505. The fourth-order valence-electron chi connectivity index (χ4n) is 2.62. The van der Waals surface area contributed by atoms with Gasteiger partial charge in [0.25, 0.3) is 0 Å². The summed E-state index contributed by atoms with van der Waals surface area (Å²) in [5.74, 6) is 0.688. The summed E-state index contributed by atoms with van der Waals surface area (Å²) >= 11 is 0. The van der Waals surface area contributed by atoms with Gasteiger partial charge in [0.2, 0.25) is 5.91 Å². The number of aryl methyl sites for hydroxylation is 1. The van der Waals surface area contributed by atoms with Crippen LogP contribution in [0.2, 0.25) is 0 Å². The molecule has 7 nitrogen and oxygen atoms in total. The molecule has 0 saturated carbocycles. The minimum Gasteiger partial charge on any atom is -0.492 e. The van der Waals surface area contributed by atoms with Gasteiger partial charge in [-0.05, 0) is 36.8 Å². The van der Waals surface area contributed by atoms with Crippen LogP contribution >= 0.6 is 0 Å². The van der Waals surface area contributed by atoms with Gasteiger partial charge in [0.15, 0.2) is 0 Å². The summed E-state index contributed by atoms with van der Waals surface area (Å²) in [6, 6.07) is 13.5. The van der Waals surface area contributed by atoms with Gasteiger partial charge in [-0.2, -0.15) is 5.10 Å². The molecule has 0 spiro atoms. The lowest BCUT2D eigenvalue weighted by Gasteiger charge is -2.09. The van der Waals surface area contributed by atoms with E-state index in [1.54, 1.807) is 12.4 Å². The summed E-state index contributed by atoms with van der Waals surface area (Å²) in [5.41, 5.74) is 4.01. The largest absolute Gasteiger partial charge is 0.492 e. The molecule has 2 heterocycles. The van der Waals surface area contributed by atoms with E-state index in [-0.39, 0.29) is 12.5 Å². The van der Waals surface area contributed by atoms with E-state index in [0.29, 0.717) is 19.7 Å². The van der Waals surface area contributed by atoms with Crippen molar-refractivity contribution < 1.29 is 9.53 Å². The lowest BCUT2D eigenvalue weighted by Crippen LogP contribution is -2.35. The Morgan fingerprint density at radius 2 is 2.15 bits per heavy atom. The van der Waals surface area contributed by atoms with E-state index in [1.165, 1.54) is 0 Å². The van der Waals surface area contributed by atoms with E-state index >= 15 is 0 Å². The third-order valence-corrected chi connectivity index (χ3v) is 3.99. The number of aromatic amines is 1. The number of hydrogen-bond donors (Lipinski definition) is 3. The number of nitrogens with zero attached hydrogens (tertiary/aromatic N) is 2. The zero-order chi connectivity index (χ0) is 18.9. The summed E-state index contributed by atoms with van der Waals surface area (Å²) in [7, 11) is 0. The van der Waals surface area contributed by atoms with Crippen LogP contribution in [-0.4, -0.2) is 40.8 Å². The maximum atomic E-state index is 11.8. The third kappa shape index (κ3) is 5.65. The Morgan fingerprint density at radius 3 is 2.93 bits per heavy atom. The highest BCUT2D eigenvalue weighted by molar-refractivity contribution is 5.77. The number of rotatable bonds is 9. The Bertz CT molecular complexity index is 864. The van der Waals surface area contributed by atoms with Crippen LogP contribution in [0.25, 0.3) is 11.1 Å². The second-order valence-electron chi connectivity index (χ2n) is 6.06. The van der Waals surface area contributed by atoms with Crippen molar-refractivity contribution >= 4 is 5.91 Å². The van der Waals surface area contributed by atoms with Crippen LogP contribution in [0, 0.1) is 6.92 Å². The second kappa shape index (κ2) is 9.49. The minimum atomic E-state index is -0.0719. The Labute approximate surface area is 158 Å². The van der Waals surface area contributed by atoms with Crippen LogP contribution in [0.3, 0.4) is 0 Å². The van der Waals surface area contributed by atoms with Crippen molar-refractivity contribution in [1.82, 2.24) is 25.8 Å². The first kappa shape index (κ1) is 18.6. The number of benzene rings is 1. The van der Waals surface area contributed by atoms with Crippen LogP contribution in [-0.2, 0) is 11.3 Å². The standard InChI is InChI=1S/C20H23N5O2/c1-15-19(13-24-25-15)16-5-4-7-18(11-16)27-10-9-23-20(26)14-21-12-17-6-2-3-8-22-17/h2-8,11,13,21H,9-10,12,14H2,1H3,(H,23,26)(H,24,25). The van der Waals surface area contributed by atoms with Gasteiger partial charge in [-0.3, -0.25) is 14.9 Å². The number of hydrogen-bond acceptors (Lipinski definition) is 5. The number of carbonyl (C=O) groups excluding carboxylic acids is 1. The second-order valence-corrected chi connectivity index (χ2v) is 6.06. The Hall–Kier alpha value is -3.19. The number of H-pyrrole nitrogens is 1. The molecule has 1 aromatic carbocycles. The molecular weight excluding hydrogens is 342 g/mol. The summed E-state index contributed by atoms with van der Waals surface area (Å²) in [6.45, 7) is 3.63. The van der Waals surface area contributed by atoms with Gasteiger partial charge in [0, 0.05) is 24.0 Å². The first-order chi connectivity index (χ1) is 13.2. The molecule has 1 amide bonds. The predicted octanol–water partition coefficient (Wildman–Crippen LogP) is 2.06. The predicted molar refractivity (Wildman–Crippen MR) is 103 cm³/mol. The Balaban J connectivity index is 1.36. The SMILES string of the molecule is Cc1[nH]ncc1-c1cccc(OCCNC(=O)CNCc2ccccn2)c1. The number of carbonyl (C=O) groups is 1. The Kier molecular flexibility index (Phi) is 6.54. The number of nitrogens with one attached hydrogen (secondary N) is 3. The van der Waals surface area contributed by atoms with E-state index < -0.39 is 0 Å². The number of aromatic nitrogens is 3. The first-order valence-electron chi connectivity index (χ1n) is 8.83. The zero-order valence-corrected chi connectivity index (χ0v) is 15.2. The maximum Gasteiger partial charge on any atom is 0.234 e. The highest BCUT2D eigenvalue weighted by Gasteiger charge is 2.05. The fraction of sp³-hybridized carbons (Fsp3) is 0.250. The van der Waals surface area contributed by atoms with Crippen LogP contribution in [0.5, 0.6) is 5.75 Å². The van der Waals surface area contributed by atoms with Crippen molar-refractivity contribution in [3.05, 3.63) is 66.2 Å². The van der Waals surface area contributed by atoms with Gasteiger partial charge < -0.3 is 15.4 Å². The van der Waals surface area contributed by atoms with Crippen molar-refractivity contribution in [1.29, 1.82) is 0 Å². The van der Waals surface area contributed by atoms with Gasteiger partial charge in [0.1, 0.15) is 12.4 Å². The molecule has 3 aromatic rings. The van der Waals surface area contributed by atoms with Crippen molar-refractivity contribution in [3.8, 4) is 16.9 Å². The first-order valence-corrected chi connectivity index (χ1v) is 8.83. The smallest absolute Gasteiger partial charge is 0.234 e. The van der Waals surface area contributed by atoms with Crippen LogP contribution in [0.1, 0.15) is 11.4 Å². The summed E-state index contributed by atoms with van der Waals surface area (Å²) < 4.78 is 5.73. The summed E-state index contributed by atoms with van der Waals surface area (Å²) in [6.07, 6.45) is 3.53. The van der Waals surface area contributed by atoms with Crippen molar-refractivity contribution in [2.75, 3.05) is 19.7 Å². The van der Waals surface area contributed by atoms with Crippen LogP contribution in [0.4, 0.5) is 0 Å². The van der Waals surface area contributed by atoms with Gasteiger partial charge in [-0.1, -0.05) is 18.2 Å². The highest BCUT2D eigenvalue weighted by atomic mass is 16.5. The van der Waals surface area contributed by atoms with Gasteiger partial charge >= 0.3 is 0 Å². The molecule has 0 fully saturated rings. The lowest BCUT2D eigenvalue weighted by atomic mass is 10.1. The molecule has 140 valence electrons. The van der Waals surface area contributed by atoms with Crippen LogP contribution in [0.15, 0.2) is 54.9 Å². The third-order valence-electron chi connectivity index (χ3n) is 3.99. The molecule has 0 unspecified atom stereocenters. The normalized spacial score (nSPS) is 10.6. The molecule has 3 rings (SSSR count). The van der Waals surface area contributed by atoms with Crippen molar-refractivity contribution in [2.45, 2.75) is 13.5 Å². The van der Waals surface area contributed by atoms with Crippen LogP contribution < -0.4 is 15.4 Å². The maximum absolute atomic E-state index is 11.8. The Morgan fingerprint density at radius 1 is 1.22 bits per heavy atom. The molecule has 0 aliphatic carbocycles. The summed E-state index contributed by atoms with van der Waals surface area (Å²) in [5, 5.41) is 12.9. The lowest BCUT2D eigenvalue weighted by molar-refractivity contribution is -0.120. The molecule has 0 saturated heterocycles. The molecule has 0 bridgehead atoms. The van der Waals surface area contributed by atoms with Gasteiger partial charge in [-0.15, -0.1) is 0 Å². The fourth-order valence-corrected chi connectivity index (χ4v) is 2.62. The average molecular weight is 365 g/mol. The monoisotopic (exact) mass is 365 g/mol. The molecule has 3 N–H and O–H groups in total. The number of ether oxygens (including phenoxy) is 1. The van der Waals surface area contributed by atoms with Gasteiger partial charge in [0.05, 0.1) is 25.0 Å². The number of amides is 1. The van der Waals surface area contributed by atoms with E-state index in [9.17, 15) is 4.79 Å². The van der Waals surface area contributed by atoms with E-state index in [2.05, 4.69) is 25.8 Å². The molecule has 0 atom stereocenters. The summed E-state index contributed by atoms with van der Waals surface area (Å²) in [4.78, 5) is 16.0. The molecular formula is C20H23N5O2. The molecule has 2 aromatic heterocycles. The topological polar surface area (TPSA) is 91.9 Å². The molecule has 27 heavy (non-hydrogen) atoms. The zero-order valence-electron chi connectivity index (χ0n) is 15.2. The molecule has 0 aliphatic rings. The van der Waals surface area contributed by atoms with Gasteiger partial charge in [-0.25, -0.2) is 0 Å². The van der Waals surface area contributed by atoms with Crippen molar-refractivity contribution in [2.24, 2.45) is 0 Å². The molecule has 7 heteroatoms. The van der Waals surface area contributed by atoms with E-state index in [1.807, 2.05) is 49.4 Å². The highest BCUT2D eigenvalue weighted by Crippen LogP contribution is 2.25. The minimum absolute atomic E-state index is 0.0719.